The Hall–Kier alpha value is -2.90. The molecular weight excluding hydrogens is 332 g/mol. The maximum absolute atomic E-state index is 13.3. The van der Waals surface area contributed by atoms with Crippen LogP contribution in [0.4, 0.5) is 0 Å². The Labute approximate surface area is 149 Å². The Morgan fingerprint density at radius 2 is 2.12 bits per heavy atom. The van der Waals surface area contributed by atoms with Gasteiger partial charge in [0.2, 0.25) is 5.82 Å². The molecule has 0 radical (unpaired) electrons. The third kappa shape index (κ3) is 2.21. The number of pyridine rings is 1. The highest BCUT2D eigenvalue weighted by Gasteiger charge is 2.48. The third-order valence-electron chi connectivity index (χ3n) is 5.74. The van der Waals surface area contributed by atoms with Crippen LogP contribution in [0.1, 0.15) is 41.7 Å². The fraction of sp³-hybridized carbons (Fsp3) is 0.444. The van der Waals surface area contributed by atoms with Crippen molar-refractivity contribution in [2.75, 3.05) is 6.54 Å². The number of H-pyrrole nitrogens is 1. The van der Waals surface area contributed by atoms with E-state index < -0.39 is 0 Å². The maximum Gasteiger partial charge on any atom is 0.343 e. The first-order valence-corrected chi connectivity index (χ1v) is 8.99. The minimum Gasteiger partial charge on any atom is -0.325 e. The van der Waals surface area contributed by atoms with Crippen molar-refractivity contribution < 1.29 is 4.79 Å². The summed E-state index contributed by atoms with van der Waals surface area (Å²) in [6.45, 7) is 0.660. The molecule has 26 heavy (non-hydrogen) atoms. The van der Waals surface area contributed by atoms with Crippen molar-refractivity contribution >= 4 is 11.4 Å². The van der Waals surface area contributed by atoms with Gasteiger partial charge in [-0.05, 0) is 43.2 Å². The van der Waals surface area contributed by atoms with Gasteiger partial charge in [-0.1, -0.05) is 6.07 Å². The minimum atomic E-state index is -0.250. The molecule has 3 aromatic rings. The summed E-state index contributed by atoms with van der Waals surface area (Å²) in [5.41, 5.74) is 0.637. The average Bonchev–Trinajstić information content (AvgIpc) is 3.12. The fourth-order valence-electron chi connectivity index (χ4n) is 4.25. The Bertz CT molecular complexity index is 1040. The molecular formula is C18H20N6O2. The predicted octanol–water partition coefficient (Wildman–Crippen LogP) is 1.37. The van der Waals surface area contributed by atoms with Gasteiger partial charge in [0.05, 0.1) is 17.8 Å². The van der Waals surface area contributed by atoms with E-state index in [-0.39, 0.29) is 17.6 Å². The molecule has 0 aromatic carbocycles. The molecule has 1 saturated carbocycles. The molecule has 0 bridgehead atoms. The van der Waals surface area contributed by atoms with Gasteiger partial charge >= 0.3 is 5.69 Å². The van der Waals surface area contributed by atoms with Crippen LogP contribution in [-0.2, 0) is 7.05 Å². The van der Waals surface area contributed by atoms with E-state index in [0.29, 0.717) is 30.0 Å². The molecule has 2 atom stereocenters. The lowest BCUT2D eigenvalue weighted by atomic mass is 9.94. The number of amides is 1. The first-order chi connectivity index (χ1) is 12.6. The first kappa shape index (κ1) is 15.4. The summed E-state index contributed by atoms with van der Waals surface area (Å²) in [7, 11) is 1.71. The number of hydrogen-bond acceptors (Lipinski definition) is 4. The van der Waals surface area contributed by atoms with Crippen LogP contribution in [0.5, 0.6) is 0 Å². The maximum atomic E-state index is 13.3. The highest BCUT2D eigenvalue weighted by Crippen LogP contribution is 2.50. The standard InChI is InChI=1S/C18H20N6O2/c1-22-15(20-21-18(22)26)14-13(11-5-6-11)7-9-24(14)17(25)16-19-10-12-4-2-3-8-23(12)16/h2-4,8,10-11,13-14H,5-7,9H2,1H3,(H,21,26). The van der Waals surface area contributed by atoms with Gasteiger partial charge in [0, 0.05) is 19.8 Å². The number of aromatic nitrogens is 5. The molecule has 2 unspecified atom stereocenters. The lowest BCUT2D eigenvalue weighted by Gasteiger charge is -2.27. The second kappa shape index (κ2) is 5.55. The number of aromatic amines is 1. The number of carbonyl (C=O) groups excluding carboxylic acids is 1. The SMILES string of the molecule is Cn1c(C2C(C3CC3)CCN2C(=O)c2ncc3ccccn23)n[nH]c1=O. The molecule has 134 valence electrons. The number of rotatable bonds is 3. The number of imidazole rings is 1. The van der Waals surface area contributed by atoms with Crippen LogP contribution >= 0.6 is 0 Å². The average molecular weight is 352 g/mol. The van der Waals surface area contributed by atoms with Crippen molar-refractivity contribution in [2.45, 2.75) is 25.3 Å². The second-order valence-electron chi connectivity index (χ2n) is 7.26. The zero-order valence-electron chi connectivity index (χ0n) is 14.5. The van der Waals surface area contributed by atoms with E-state index in [1.54, 1.807) is 13.2 Å². The van der Waals surface area contributed by atoms with Crippen LogP contribution in [-0.4, -0.2) is 41.5 Å². The Morgan fingerprint density at radius 1 is 1.27 bits per heavy atom. The van der Waals surface area contributed by atoms with E-state index in [1.807, 2.05) is 33.7 Å². The molecule has 0 spiro atoms. The van der Waals surface area contributed by atoms with Crippen LogP contribution in [0, 0.1) is 11.8 Å². The van der Waals surface area contributed by atoms with Gasteiger partial charge in [0.1, 0.15) is 0 Å². The van der Waals surface area contributed by atoms with Crippen molar-refractivity contribution in [1.82, 2.24) is 29.0 Å². The summed E-state index contributed by atoms with van der Waals surface area (Å²) in [6, 6.07) is 5.55. The van der Waals surface area contributed by atoms with E-state index in [9.17, 15) is 9.59 Å². The van der Waals surface area contributed by atoms with Gasteiger partial charge in [-0.2, -0.15) is 5.10 Å². The largest absolute Gasteiger partial charge is 0.343 e. The summed E-state index contributed by atoms with van der Waals surface area (Å²) < 4.78 is 3.34. The summed E-state index contributed by atoms with van der Waals surface area (Å²) >= 11 is 0. The normalized spacial score (nSPS) is 23.0. The highest BCUT2D eigenvalue weighted by molar-refractivity contribution is 5.92. The van der Waals surface area contributed by atoms with Crippen LogP contribution in [0.3, 0.4) is 0 Å². The van der Waals surface area contributed by atoms with Gasteiger partial charge in [0.25, 0.3) is 5.91 Å². The molecule has 1 aliphatic heterocycles. The molecule has 8 heteroatoms. The van der Waals surface area contributed by atoms with Crippen molar-refractivity contribution in [3.63, 3.8) is 0 Å². The van der Waals surface area contributed by atoms with Crippen LogP contribution in [0.25, 0.3) is 5.52 Å². The van der Waals surface area contributed by atoms with Gasteiger partial charge in [-0.25, -0.2) is 14.9 Å². The summed E-state index contributed by atoms with van der Waals surface area (Å²) in [6.07, 6.45) is 6.87. The Balaban J connectivity index is 1.57. The van der Waals surface area contributed by atoms with Crippen molar-refractivity contribution in [3.8, 4) is 0 Å². The van der Waals surface area contributed by atoms with Crippen LogP contribution < -0.4 is 5.69 Å². The summed E-state index contributed by atoms with van der Waals surface area (Å²) in [5, 5.41) is 6.75. The topological polar surface area (TPSA) is 88.3 Å². The lowest BCUT2D eigenvalue weighted by molar-refractivity contribution is 0.0688. The third-order valence-corrected chi connectivity index (χ3v) is 5.74. The van der Waals surface area contributed by atoms with E-state index in [4.69, 9.17) is 0 Å². The molecule has 5 rings (SSSR count). The number of nitrogens with zero attached hydrogens (tertiary/aromatic N) is 5. The highest BCUT2D eigenvalue weighted by atomic mass is 16.2. The summed E-state index contributed by atoms with van der Waals surface area (Å²) in [5.74, 6) is 1.89. The zero-order valence-corrected chi connectivity index (χ0v) is 14.5. The molecule has 3 aromatic heterocycles. The molecule has 1 aliphatic carbocycles. The van der Waals surface area contributed by atoms with E-state index in [2.05, 4.69) is 15.2 Å². The second-order valence-corrected chi connectivity index (χ2v) is 7.26. The molecule has 1 amide bonds. The monoisotopic (exact) mass is 352 g/mol. The fourth-order valence-corrected chi connectivity index (χ4v) is 4.25. The van der Waals surface area contributed by atoms with Crippen molar-refractivity contribution in [3.05, 3.63) is 52.7 Å². The molecule has 2 aliphatic rings. The van der Waals surface area contributed by atoms with E-state index in [0.717, 1.165) is 11.9 Å². The Morgan fingerprint density at radius 3 is 2.85 bits per heavy atom. The van der Waals surface area contributed by atoms with Crippen molar-refractivity contribution in [1.29, 1.82) is 0 Å². The number of fused-ring (bicyclic) bond motifs is 1. The number of hydrogen-bond donors (Lipinski definition) is 1. The van der Waals surface area contributed by atoms with Gasteiger partial charge in [0.15, 0.2) is 5.82 Å². The van der Waals surface area contributed by atoms with Gasteiger partial charge in [-0.15, -0.1) is 0 Å². The van der Waals surface area contributed by atoms with E-state index >= 15 is 0 Å². The molecule has 1 N–H and O–H groups in total. The summed E-state index contributed by atoms with van der Waals surface area (Å²) in [4.78, 5) is 31.4. The quantitative estimate of drug-likeness (QED) is 0.771. The lowest BCUT2D eigenvalue weighted by Crippen LogP contribution is -2.35. The molecule has 1 saturated heterocycles. The zero-order chi connectivity index (χ0) is 17.8. The Kier molecular flexibility index (Phi) is 3.28. The number of likely N-dealkylation sites (tertiary alicyclic amines) is 1. The van der Waals surface area contributed by atoms with Gasteiger partial charge < -0.3 is 4.90 Å². The van der Waals surface area contributed by atoms with E-state index in [1.165, 1.54) is 17.4 Å². The molecule has 2 fully saturated rings. The number of nitrogens with one attached hydrogen (secondary N) is 1. The van der Waals surface area contributed by atoms with Crippen LogP contribution in [0.15, 0.2) is 35.4 Å². The van der Waals surface area contributed by atoms with Gasteiger partial charge in [-0.3, -0.25) is 13.8 Å². The smallest absolute Gasteiger partial charge is 0.325 e. The minimum absolute atomic E-state index is 0.111. The number of carbonyl (C=O) groups is 1. The predicted molar refractivity (Wildman–Crippen MR) is 93.6 cm³/mol. The van der Waals surface area contributed by atoms with Crippen LogP contribution in [0.2, 0.25) is 0 Å². The molecule has 8 nitrogen and oxygen atoms in total. The van der Waals surface area contributed by atoms with Crippen molar-refractivity contribution in [2.24, 2.45) is 18.9 Å². The first-order valence-electron chi connectivity index (χ1n) is 8.99. The molecule has 4 heterocycles.